The fraction of sp³-hybridized carbons (Fsp3) is 0.273. The number of anilines is 1. The second-order valence-corrected chi connectivity index (χ2v) is 4.52. The lowest BCUT2D eigenvalue weighted by atomic mass is 10.2. The topological polar surface area (TPSA) is 63.9 Å². The maximum Gasteiger partial charge on any atom is 0.406 e. The lowest BCUT2D eigenvalue weighted by Gasteiger charge is -2.24. The number of halogens is 4. The van der Waals surface area contributed by atoms with Crippen LogP contribution < -0.4 is 4.90 Å². The molecule has 1 amide bonds. The van der Waals surface area contributed by atoms with Crippen LogP contribution in [0.15, 0.2) is 30.6 Å². The molecule has 0 saturated carbocycles. The summed E-state index contributed by atoms with van der Waals surface area (Å²) >= 11 is 5.75. The van der Waals surface area contributed by atoms with Crippen molar-refractivity contribution in [3.63, 3.8) is 0 Å². The molecule has 0 aliphatic rings. The van der Waals surface area contributed by atoms with E-state index in [1.165, 1.54) is 24.3 Å². The van der Waals surface area contributed by atoms with Gasteiger partial charge in [0, 0.05) is 10.7 Å². The molecule has 1 aromatic heterocycles. The second-order valence-electron chi connectivity index (χ2n) is 4.08. The van der Waals surface area contributed by atoms with Gasteiger partial charge >= 0.3 is 6.18 Å². The van der Waals surface area contributed by atoms with Crippen molar-refractivity contribution in [2.24, 2.45) is 0 Å². The molecule has 2 rings (SSSR count). The van der Waals surface area contributed by atoms with Crippen LogP contribution >= 0.6 is 11.6 Å². The summed E-state index contributed by atoms with van der Waals surface area (Å²) in [5, 5.41) is 10.3. The van der Waals surface area contributed by atoms with Crippen molar-refractivity contribution >= 4 is 23.2 Å². The zero-order valence-corrected chi connectivity index (χ0v) is 11.2. The molecule has 0 unspecified atom stereocenters. The number of hydrogen-bond donors (Lipinski definition) is 0. The molecule has 21 heavy (non-hydrogen) atoms. The molecule has 0 radical (unpaired) electrons. The summed E-state index contributed by atoms with van der Waals surface area (Å²) in [5.41, 5.74) is 0.0536. The van der Waals surface area contributed by atoms with Gasteiger partial charge in [0.15, 0.2) is 0 Å². The van der Waals surface area contributed by atoms with Gasteiger partial charge < -0.3 is 4.90 Å². The Morgan fingerprint density at radius 1 is 1.38 bits per heavy atom. The van der Waals surface area contributed by atoms with Gasteiger partial charge in [0.2, 0.25) is 5.91 Å². The fourth-order valence-corrected chi connectivity index (χ4v) is 1.81. The van der Waals surface area contributed by atoms with Gasteiger partial charge in [-0.2, -0.15) is 13.2 Å². The molecule has 0 saturated heterocycles. The number of carbonyl (C=O) groups excluding carboxylic acids is 1. The van der Waals surface area contributed by atoms with E-state index in [1.807, 2.05) is 0 Å². The number of amides is 1. The number of nitrogens with zero attached hydrogens (tertiary/aromatic N) is 5. The number of benzene rings is 1. The minimum atomic E-state index is -4.54. The predicted molar refractivity (Wildman–Crippen MR) is 67.7 cm³/mol. The molecule has 0 bridgehead atoms. The number of rotatable bonds is 4. The van der Waals surface area contributed by atoms with Crippen molar-refractivity contribution < 1.29 is 18.0 Å². The van der Waals surface area contributed by atoms with E-state index in [9.17, 15) is 18.0 Å². The average Bonchev–Trinajstić information content (AvgIpc) is 2.87. The molecule has 0 aliphatic heterocycles. The molecular weight excluding hydrogens is 311 g/mol. The zero-order valence-electron chi connectivity index (χ0n) is 10.5. The van der Waals surface area contributed by atoms with Crippen LogP contribution in [-0.2, 0) is 11.3 Å². The Kier molecular flexibility index (Phi) is 4.41. The minimum absolute atomic E-state index is 0.0536. The predicted octanol–water partition coefficient (Wildman–Crippen LogP) is 1.92. The monoisotopic (exact) mass is 319 g/mol. The van der Waals surface area contributed by atoms with Gasteiger partial charge in [0.1, 0.15) is 19.4 Å². The van der Waals surface area contributed by atoms with E-state index in [4.69, 9.17) is 11.6 Å². The molecule has 1 aromatic carbocycles. The van der Waals surface area contributed by atoms with Gasteiger partial charge in [-0.1, -0.05) is 17.7 Å². The van der Waals surface area contributed by atoms with Crippen molar-refractivity contribution in [1.82, 2.24) is 20.2 Å². The highest BCUT2D eigenvalue weighted by molar-refractivity contribution is 6.30. The summed E-state index contributed by atoms with van der Waals surface area (Å²) in [6, 6.07) is 5.62. The van der Waals surface area contributed by atoms with Crippen molar-refractivity contribution in [3.8, 4) is 0 Å². The van der Waals surface area contributed by atoms with Gasteiger partial charge in [-0.05, 0) is 28.6 Å². The van der Waals surface area contributed by atoms with E-state index in [1.54, 1.807) is 0 Å². The molecule has 0 N–H and O–H groups in total. The highest BCUT2D eigenvalue weighted by atomic mass is 35.5. The molecule has 0 fully saturated rings. The van der Waals surface area contributed by atoms with Crippen molar-refractivity contribution in [2.75, 3.05) is 11.4 Å². The Bertz CT molecular complexity index is 617. The third-order valence-corrected chi connectivity index (χ3v) is 2.68. The number of hydrogen-bond acceptors (Lipinski definition) is 4. The Morgan fingerprint density at radius 3 is 2.71 bits per heavy atom. The minimum Gasteiger partial charge on any atom is -0.302 e. The number of alkyl halides is 3. The Balaban J connectivity index is 2.25. The van der Waals surface area contributed by atoms with Gasteiger partial charge in [-0.25, -0.2) is 4.68 Å². The number of carbonyl (C=O) groups is 1. The SMILES string of the molecule is O=C(Cn1cnnn1)N(CC(F)(F)F)c1cccc(Cl)c1. The van der Waals surface area contributed by atoms with E-state index < -0.39 is 25.2 Å². The smallest absolute Gasteiger partial charge is 0.302 e. The molecular formula is C11H9ClF3N5O. The largest absolute Gasteiger partial charge is 0.406 e. The molecule has 2 aromatic rings. The summed E-state index contributed by atoms with van der Waals surface area (Å²) in [4.78, 5) is 12.7. The summed E-state index contributed by atoms with van der Waals surface area (Å²) in [7, 11) is 0. The highest BCUT2D eigenvalue weighted by Crippen LogP contribution is 2.24. The maximum atomic E-state index is 12.7. The molecule has 0 spiro atoms. The Hall–Kier alpha value is -2.16. The average molecular weight is 320 g/mol. The fourth-order valence-electron chi connectivity index (χ4n) is 1.62. The second kappa shape index (κ2) is 6.08. The quantitative estimate of drug-likeness (QED) is 0.863. The first-order valence-corrected chi connectivity index (χ1v) is 6.06. The van der Waals surface area contributed by atoms with E-state index in [-0.39, 0.29) is 10.7 Å². The van der Waals surface area contributed by atoms with Crippen LogP contribution in [0.4, 0.5) is 18.9 Å². The zero-order chi connectivity index (χ0) is 15.5. The van der Waals surface area contributed by atoms with Crippen molar-refractivity contribution in [2.45, 2.75) is 12.7 Å². The summed E-state index contributed by atoms with van der Waals surface area (Å²) in [6.07, 6.45) is -3.40. The van der Waals surface area contributed by atoms with E-state index in [0.29, 0.717) is 4.90 Å². The lowest BCUT2D eigenvalue weighted by Crippen LogP contribution is -2.41. The first-order valence-electron chi connectivity index (χ1n) is 5.68. The summed E-state index contributed by atoms with van der Waals surface area (Å²) in [5.74, 6) is -0.804. The molecule has 6 nitrogen and oxygen atoms in total. The van der Waals surface area contributed by atoms with E-state index in [2.05, 4.69) is 15.5 Å². The summed E-state index contributed by atoms with van der Waals surface area (Å²) in [6.45, 7) is -1.83. The van der Waals surface area contributed by atoms with Crippen molar-refractivity contribution in [3.05, 3.63) is 35.6 Å². The molecule has 0 atom stereocenters. The molecule has 10 heteroatoms. The van der Waals surface area contributed by atoms with Gasteiger partial charge in [0.25, 0.3) is 0 Å². The lowest BCUT2D eigenvalue weighted by molar-refractivity contribution is -0.132. The molecule has 112 valence electrons. The van der Waals surface area contributed by atoms with Gasteiger partial charge in [-0.3, -0.25) is 4.79 Å². The molecule has 1 heterocycles. The van der Waals surface area contributed by atoms with Crippen LogP contribution in [0.1, 0.15) is 0 Å². The van der Waals surface area contributed by atoms with Crippen LogP contribution in [-0.4, -0.2) is 38.8 Å². The summed E-state index contributed by atoms with van der Waals surface area (Å²) < 4.78 is 39.0. The Morgan fingerprint density at radius 2 is 2.14 bits per heavy atom. The first-order chi connectivity index (χ1) is 9.85. The van der Waals surface area contributed by atoms with Gasteiger partial charge in [-0.15, -0.1) is 5.10 Å². The van der Waals surface area contributed by atoms with Crippen LogP contribution in [0.2, 0.25) is 5.02 Å². The van der Waals surface area contributed by atoms with Crippen LogP contribution in [0.3, 0.4) is 0 Å². The third-order valence-electron chi connectivity index (χ3n) is 2.45. The Labute approximate surface area is 122 Å². The highest BCUT2D eigenvalue weighted by Gasteiger charge is 2.34. The first kappa shape index (κ1) is 15.2. The van der Waals surface area contributed by atoms with Crippen LogP contribution in [0.5, 0.6) is 0 Å². The maximum absolute atomic E-state index is 12.7. The molecule has 0 aliphatic carbocycles. The van der Waals surface area contributed by atoms with Crippen LogP contribution in [0.25, 0.3) is 0 Å². The van der Waals surface area contributed by atoms with Crippen LogP contribution in [0, 0.1) is 0 Å². The number of aromatic nitrogens is 4. The van der Waals surface area contributed by atoms with E-state index in [0.717, 1.165) is 11.0 Å². The van der Waals surface area contributed by atoms with E-state index >= 15 is 0 Å². The number of tetrazole rings is 1. The third kappa shape index (κ3) is 4.42. The standard InChI is InChI=1S/C11H9ClF3N5O/c12-8-2-1-3-9(4-8)20(6-11(13,14)15)10(21)5-19-7-16-17-18-19/h1-4,7H,5-6H2. The van der Waals surface area contributed by atoms with Gasteiger partial charge in [0.05, 0.1) is 0 Å². The van der Waals surface area contributed by atoms with Crippen molar-refractivity contribution in [1.29, 1.82) is 0 Å². The normalized spacial score (nSPS) is 11.4.